The monoisotopic (exact) mass is 326 g/mol. The average Bonchev–Trinajstić information content (AvgIpc) is 3.07. The van der Waals surface area contributed by atoms with E-state index < -0.39 is 0 Å². The van der Waals surface area contributed by atoms with Gasteiger partial charge in [-0.3, -0.25) is 9.89 Å². The number of carbonyl (C=O) groups is 1. The molecule has 2 aliphatic rings. The molecular formula is C18H22N4O2. The van der Waals surface area contributed by atoms with Gasteiger partial charge in [0.2, 0.25) is 5.91 Å². The number of piperidine rings is 1. The van der Waals surface area contributed by atoms with Crippen LogP contribution in [-0.4, -0.2) is 45.7 Å². The van der Waals surface area contributed by atoms with Gasteiger partial charge in [0.15, 0.2) is 5.82 Å². The van der Waals surface area contributed by atoms with Crippen LogP contribution in [0, 0.1) is 12.8 Å². The Morgan fingerprint density at radius 2 is 2.08 bits per heavy atom. The fourth-order valence-corrected chi connectivity index (χ4v) is 3.65. The Kier molecular flexibility index (Phi) is 3.96. The SMILES string of the molecule is Cc1nc(C2CCN(C(=O)C3COc4ccccc4C3)CC2)n[nH]1. The van der Waals surface area contributed by atoms with E-state index in [2.05, 4.69) is 15.2 Å². The number of hydrogen-bond acceptors (Lipinski definition) is 4. The van der Waals surface area contributed by atoms with E-state index in [0.29, 0.717) is 12.5 Å². The molecule has 2 aliphatic heterocycles. The lowest BCUT2D eigenvalue weighted by atomic mass is 9.92. The summed E-state index contributed by atoms with van der Waals surface area (Å²) in [6.07, 6.45) is 2.62. The summed E-state index contributed by atoms with van der Waals surface area (Å²) in [5.41, 5.74) is 1.13. The minimum Gasteiger partial charge on any atom is -0.492 e. The average molecular weight is 326 g/mol. The Labute approximate surface area is 141 Å². The number of para-hydroxylation sites is 1. The first-order valence-electron chi connectivity index (χ1n) is 8.59. The number of rotatable bonds is 2. The molecule has 0 radical (unpaired) electrons. The molecule has 1 saturated heterocycles. The summed E-state index contributed by atoms with van der Waals surface area (Å²) in [5.74, 6) is 3.15. The van der Waals surface area contributed by atoms with Gasteiger partial charge in [0.25, 0.3) is 0 Å². The highest BCUT2D eigenvalue weighted by molar-refractivity contribution is 5.80. The van der Waals surface area contributed by atoms with E-state index in [9.17, 15) is 4.79 Å². The van der Waals surface area contributed by atoms with Crippen molar-refractivity contribution in [2.75, 3.05) is 19.7 Å². The van der Waals surface area contributed by atoms with Crippen molar-refractivity contribution in [2.45, 2.75) is 32.1 Å². The van der Waals surface area contributed by atoms with Crippen molar-refractivity contribution in [1.82, 2.24) is 20.1 Å². The molecule has 126 valence electrons. The number of nitrogens with zero attached hydrogens (tertiary/aromatic N) is 3. The number of H-pyrrole nitrogens is 1. The molecule has 0 aliphatic carbocycles. The molecular weight excluding hydrogens is 304 g/mol. The highest BCUT2D eigenvalue weighted by Gasteiger charge is 2.32. The third-order valence-corrected chi connectivity index (χ3v) is 5.01. The maximum atomic E-state index is 12.8. The number of carbonyl (C=O) groups excluding carboxylic acids is 1. The quantitative estimate of drug-likeness (QED) is 0.917. The molecule has 1 amide bonds. The molecule has 0 saturated carbocycles. The van der Waals surface area contributed by atoms with Gasteiger partial charge in [0.1, 0.15) is 18.2 Å². The topological polar surface area (TPSA) is 71.1 Å². The Morgan fingerprint density at radius 1 is 1.29 bits per heavy atom. The molecule has 1 fully saturated rings. The molecule has 24 heavy (non-hydrogen) atoms. The first kappa shape index (κ1) is 15.2. The number of amides is 1. The van der Waals surface area contributed by atoms with E-state index in [0.717, 1.165) is 55.3 Å². The second kappa shape index (κ2) is 6.26. The number of ether oxygens (including phenoxy) is 1. The van der Waals surface area contributed by atoms with E-state index >= 15 is 0 Å². The van der Waals surface area contributed by atoms with Crippen molar-refractivity contribution < 1.29 is 9.53 Å². The van der Waals surface area contributed by atoms with Crippen LogP contribution in [0.1, 0.15) is 36.0 Å². The fraction of sp³-hybridized carbons (Fsp3) is 0.500. The lowest BCUT2D eigenvalue weighted by Crippen LogP contribution is -2.44. The number of aryl methyl sites for hydroxylation is 1. The Balaban J connectivity index is 1.37. The van der Waals surface area contributed by atoms with E-state index in [1.54, 1.807) is 0 Å². The van der Waals surface area contributed by atoms with Crippen molar-refractivity contribution in [3.05, 3.63) is 41.5 Å². The molecule has 6 nitrogen and oxygen atoms in total. The number of benzene rings is 1. The Morgan fingerprint density at radius 3 is 2.83 bits per heavy atom. The zero-order chi connectivity index (χ0) is 16.5. The first-order chi connectivity index (χ1) is 11.7. The molecule has 1 aromatic carbocycles. The van der Waals surface area contributed by atoms with Gasteiger partial charge in [-0.2, -0.15) is 5.10 Å². The van der Waals surface area contributed by atoms with Crippen LogP contribution < -0.4 is 4.74 Å². The standard InChI is InChI=1S/C18H22N4O2/c1-12-19-17(21-20-12)13-6-8-22(9-7-13)18(23)15-10-14-4-2-3-5-16(14)24-11-15/h2-5,13,15H,6-11H2,1H3,(H,19,20,21). The van der Waals surface area contributed by atoms with Gasteiger partial charge >= 0.3 is 0 Å². The summed E-state index contributed by atoms with van der Waals surface area (Å²) < 4.78 is 5.77. The number of aromatic amines is 1. The van der Waals surface area contributed by atoms with Gasteiger partial charge in [0.05, 0.1) is 5.92 Å². The van der Waals surface area contributed by atoms with Crippen LogP contribution in [0.4, 0.5) is 0 Å². The van der Waals surface area contributed by atoms with Crippen LogP contribution in [0.2, 0.25) is 0 Å². The molecule has 1 N–H and O–H groups in total. The van der Waals surface area contributed by atoms with Crippen molar-refractivity contribution in [1.29, 1.82) is 0 Å². The van der Waals surface area contributed by atoms with Gasteiger partial charge in [-0.1, -0.05) is 18.2 Å². The lowest BCUT2D eigenvalue weighted by molar-refractivity contribution is -0.138. The minimum absolute atomic E-state index is 0.0674. The van der Waals surface area contributed by atoms with Gasteiger partial charge in [-0.15, -0.1) is 0 Å². The summed E-state index contributed by atoms with van der Waals surface area (Å²) in [5, 5.41) is 7.17. The summed E-state index contributed by atoms with van der Waals surface area (Å²) in [6.45, 7) is 3.94. The molecule has 4 rings (SSSR count). The molecule has 1 unspecified atom stereocenters. The van der Waals surface area contributed by atoms with E-state index in [4.69, 9.17) is 4.74 Å². The second-order valence-electron chi connectivity index (χ2n) is 6.70. The molecule has 3 heterocycles. The lowest BCUT2D eigenvalue weighted by Gasteiger charge is -2.34. The van der Waals surface area contributed by atoms with E-state index in [1.165, 1.54) is 0 Å². The third-order valence-electron chi connectivity index (χ3n) is 5.01. The normalized spacial score (nSPS) is 21.2. The van der Waals surface area contributed by atoms with Gasteiger partial charge < -0.3 is 9.64 Å². The molecule has 1 aromatic heterocycles. The smallest absolute Gasteiger partial charge is 0.229 e. The zero-order valence-electron chi connectivity index (χ0n) is 13.9. The van der Waals surface area contributed by atoms with Crippen LogP contribution in [0.3, 0.4) is 0 Å². The highest BCUT2D eigenvalue weighted by atomic mass is 16.5. The first-order valence-corrected chi connectivity index (χ1v) is 8.59. The number of likely N-dealkylation sites (tertiary alicyclic amines) is 1. The molecule has 2 aromatic rings. The van der Waals surface area contributed by atoms with Gasteiger partial charge in [-0.05, 0) is 37.8 Å². The third kappa shape index (κ3) is 2.88. The maximum Gasteiger partial charge on any atom is 0.229 e. The van der Waals surface area contributed by atoms with E-state index in [-0.39, 0.29) is 11.8 Å². The number of aromatic nitrogens is 3. The summed E-state index contributed by atoms with van der Waals surface area (Å²) >= 11 is 0. The predicted octanol–water partition coefficient (Wildman–Crippen LogP) is 2.07. The van der Waals surface area contributed by atoms with Crippen LogP contribution in [0.15, 0.2) is 24.3 Å². The predicted molar refractivity (Wildman–Crippen MR) is 88.8 cm³/mol. The number of hydrogen-bond donors (Lipinski definition) is 1. The van der Waals surface area contributed by atoms with Crippen molar-refractivity contribution in [3.8, 4) is 5.75 Å². The Bertz CT molecular complexity index is 734. The summed E-state index contributed by atoms with van der Waals surface area (Å²) in [7, 11) is 0. The Hall–Kier alpha value is -2.37. The molecule has 6 heteroatoms. The molecule has 1 atom stereocenters. The fourth-order valence-electron chi connectivity index (χ4n) is 3.65. The zero-order valence-corrected chi connectivity index (χ0v) is 13.9. The van der Waals surface area contributed by atoms with Crippen molar-refractivity contribution >= 4 is 5.91 Å². The van der Waals surface area contributed by atoms with E-state index in [1.807, 2.05) is 36.1 Å². The summed E-state index contributed by atoms with van der Waals surface area (Å²) in [6, 6.07) is 7.99. The maximum absolute atomic E-state index is 12.8. The number of fused-ring (bicyclic) bond motifs is 1. The van der Waals surface area contributed by atoms with Crippen molar-refractivity contribution in [3.63, 3.8) is 0 Å². The largest absolute Gasteiger partial charge is 0.492 e. The van der Waals surface area contributed by atoms with Crippen LogP contribution in [0.5, 0.6) is 5.75 Å². The van der Waals surface area contributed by atoms with Crippen molar-refractivity contribution in [2.24, 2.45) is 5.92 Å². The van der Waals surface area contributed by atoms with Gasteiger partial charge in [0, 0.05) is 19.0 Å². The van der Waals surface area contributed by atoms with Gasteiger partial charge in [-0.25, -0.2) is 4.98 Å². The van der Waals surface area contributed by atoms with Crippen LogP contribution >= 0.6 is 0 Å². The highest BCUT2D eigenvalue weighted by Crippen LogP contribution is 2.30. The van der Waals surface area contributed by atoms with Crippen LogP contribution in [-0.2, 0) is 11.2 Å². The minimum atomic E-state index is -0.0674. The second-order valence-corrected chi connectivity index (χ2v) is 6.70. The number of nitrogens with one attached hydrogen (secondary N) is 1. The summed E-state index contributed by atoms with van der Waals surface area (Å²) in [4.78, 5) is 19.2. The molecule has 0 bridgehead atoms. The van der Waals surface area contributed by atoms with Crippen LogP contribution in [0.25, 0.3) is 0 Å². The molecule has 0 spiro atoms.